The van der Waals surface area contributed by atoms with Crippen LogP contribution in [0.2, 0.25) is 0 Å². The van der Waals surface area contributed by atoms with E-state index < -0.39 is 0 Å². The number of rotatable bonds is 5. The van der Waals surface area contributed by atoms with E-state index in [0.717, 1.165) is 28.2 Å². The number of amides is 1. The van der Waals surface area contributed by atoms with Crippen molar-refractivity contribution in [2.24, 2.45) is 7.05 Å². The molecule has 0 saturated heterocycles. The molecule has 0 aliphatic heterocycles. The molecule has 1 aromatic heterocycles. The number of nitrogens with one attached hydrogen (secondary N) is 1. The third-order valence-corrected chi connectivity index (χ3v) is 3.71. The van der Waals surface area contributed by atoms with Crippen molar-refractivity contribution in [3.05, 3.63) is 46.8 Å². The van der Waals surface area contributed by atoms with Gasteiger partial charge in [-0.05, 0) is 38.0 Å². The highest BCUT2D eigenvalue weighted by Gasteiger charge is 2.10. The zero-order valence-electron chi connectivity index (χ0n) is 12.8. The first kappa shape index (κ1) is 15.1. The molecule has 0 fully saturated rings. The zero-order chi connectivity index (χ0) is 15.4. The van der Waals surface area contributed by atoms with Gasteiger partial charge in [-0.1, -0.05) is 12.1 Å². The fourth-order valence-corrected chi connectivity index (χ4v) is 2.36. The number of carbonyl (C=O) groups excluding carboxylic acids is 1. The highest BCUT2D eigenvalue weighted by molar-refractivity contribution is 5.76. The van der Waals surface area contributed by atoms with E-state index in [2.05, 4.69) is 10.4 Å². The van der Waals surface area contributed by atoms with Crippen LogP contribution in [0.5, 0.6) is 0 Å². The second-order valence-corrected chi connectivity index (χ2v) is 5.29. The Bertz CT molecular complexity index is 646. The van der Waals surface area contributed by atoms with E-state index in [1.165, 1.54) is 0 Å². The normalized spacial score (nSPS) is 10.6. The lowest BCUT2D eigenvalue weighted by Gasteiger charge is -2.06. The highest BCUT2D eigenvalue weighted by atomic mass is 16.1. The van der Waals surface area contributed by atoms with E-state index >= 15 is 0 Å². The van der Waals surface area contributed by atoms with Crippen molar-refractivity contribution in [2.75, 3.05) is 5.73 Å². The quantitative estimate of drug-likeness (QED) is 0.824. The number of nitrogens with two attached hydrogens (primary N) is 1. The van der Waals surface area contributed by atoms with Crippen LogP contribution < -0.4 is 11.1 Å². The lowest BCUT2D eigenvalue weighted by atomic mass is 10.1. The van der Waals surface area contributed by atoms with Crippen LogP contribution in [0, 0.1) is 13.8 Å². The van der Waals surface area contributed by atoms with E-state index in [1.54, 1.807) is 0 Å². The molecule has 21 heavy (non-hydrogen) atoms. The van der Waals surface area contributed by atoms with Gasteiger partial charge in [-0.3, -0.25) is 9.48 Å². The summed E-state index contributed by atoms with van der Waals surface area (Å²) in [6.07, 6.45) is 1.16. The Morgan fingerprint density at radius 3 is 2.76 bits per heavy atom. The summed E-state index contributed by atoms with van der Waals surface area (Å²) in [7, 11) is 1.91. The van der Waals surface area contributed by atoms with Gasteiger partial charge in [-0.25, -0.2) is 0 Å². The van der Waals surface area contributed by atoms with Crippen LogP contribution >= 0.6 is 0 Å². The maximum absolute atomic E-state index is 11.9. The Balaban J connectivity index is 1.85. The summed E-state index contributed by atoms with van der Waals surface area (Å²) < 4.78 is 1.84. The second kappa shape index (κ2) is 6.43. The summed E-state index contributed by atoms with van der Waals surface area (Å²) in [5.74, 6) is 0.0417. The van der Waals surface area contributed by atoms with Gasteiger partial charge in [0.05, 0.1) is 5.69 Å². The molecular weight excluding hydrogens is 264 g/mol. The molecule has 1 amide bonds. The minimum atomic E-state index is 0.0417. The van der Waals surface area contributed by atoms with Crippen molar-refractivity contribution >= 4 is 11.6 Å². The first-order chi connectivity index (χ1) is 9.97. The third-order valence-electron chi connectivity index (χ3n) is 3.71. The van der Waals surface area contributed by atoms with Crippen LogP contribution in [0.1, 0.15) is 28.9 Å². The van der Waals surface area contributed by atoms with Gasteiger partial charge in [-0.2, -0.15) is 5.10 Å². The van der Waals surface area contributed by atoms with Gasteiger partial charge in [0.15, 0.2) is 0 Å². The van der Waals surface area contributed by atoms with E-state index in [1.807, 2.05) is 49.8 Å². The summed E-state index contributed by atoms with van der Waals surface area (Å²) in [6, 6.07) is 7.64. The average molecular weight is 286 g/mol. The number of carbonyl (C=O) groups is 1. The number of anilines is 1. The van der Waals surface area contributed by atoms with E-state index in [9.17, 15) is 4.79 Å². The van der Waals surface area contributed by atoms with Crippen LogP contribution in [0.15, 0.2) is 24.3 Å². The Morgan fingerprint density at radius 2 is 2.14 bits per heavy atom. The highest BCUT2D eigenvalue weighted by Crippen LogP contribution is 2.12. The molecule has 0 atom stereocenters. The largest absolute Gasteiger partial charge is 0.399 e. The van der Waals surface area contributed by atoms with Crippen molar-refractivity contribution in [1.29, 1.82) is 0 Å². The van der Waals surface area contributed by atoms with Crippen LogP contribution in [-0.4, -0.2) is 15.7 Å². The summed E-state index contributed by atoms with van der Waals surface area (Å²) in [4.78, 5) is 11.9. The number of aryl methyl sites for hydroxylation is 3. The first-order valence-corrected chi connectivity index (χ1v) is 7.07. The molecule has 2 aromatic rings. The molecule has 2 rings (SSSR count). The van der Waals surface area contributed by atoms with Gasteiger partial charge in [-0.15, -0.1) is 0 Å². The molecule has 1 heterocycles. The minimum Gasteiger partial charge on any atom is -0.399 e. The summed E-state index contributed by atoms with van der Waals surface area (Å²) >= 11 is 0. The van der Waals surface area contributed by atoms with Gasteiger partial charge >= 0.3 is 0 Å². The predicted molar refractivity (Wildman–Crippen MR) is 83.7 cm³/mol. The van der Waals surface area contributed by atoms with Gasteiger partial charge in [0.1, 0.15) is 0 Å². The van der Waals surface area contributed by atoms with E-state index in [4.69, 9.17) is 5.73 Å². The zero-order valence-corrected chi connectivity index (χ0v) is 12.8. The van der Waals surface area contributed by atoms with Crippen molar-refractivity contribution in [1.82, 2.24) is 15.1 Å². The lowest BCUT2D eigenvalue weighted by Crippen LogP contribution is -2.23. The maximum atomic E-state index is 11.9. The number of benzene rings is 1. The molecule has 5 heteroatoms. The van der Waals surface area contributed by atoms with E-state index in [-0.39, 0.29) is 5.91 Å². The topological polar surface area (TPSA) is 72.9 Å². The van der Waals surface area contributed by atoms with Crippen LogP contribution in [0.25, 0.3) is 0 Å². The molecular formula is C16H22N4O. The Labute approximate surface area is 125 Å². The summed E-state index contributed by atoms with van der Waals surface area (Å²) in [5.41, 5.74) is 10.7. The molecule has 0 aliphatic carbocycles. The molecule has 5 nitrogen and oxygen atoms in total. The lowest BCUT2D eigenvalue weighted by molar-refractivity contribution is -0.121. The third kappa shape index (κ3) is 3.84. The molecule has 112 valence electrons. The Morgan fingerprint density at radius 1 is 1.38 bits per heavy atom. The molecule has 0 spiro atoms. The number of aromatic nitrogens is 2. The molecule has 1 aromatic carbocycles. The van der Waals surface area contributed by atoms with Crippen molar-refractivity contribution in [3.63, 3.8) is 0 Å². The number of nitrogens with zero attached hydrogens (tertiary/aromatic N) is 2. The van der Waals surface area contributed by atoms with Crippen molar-refractivity contribution < 1.29 is 4.79 Å². The molecule has 3 N–H and O–H groups in total. The minimum absolute atomic E-state index is 0.0417. The van der Waals surface area contributed by atoms with Gasteiger partial charge in [0.25, 0.3) is 0 Å². The maximum Gasteiger partial charge on any atom is 0.220 e. The monoisotopic (exact) mass is 286 g/mol. The molecule has 0 aliphatic rings. The van der Waals surface area contributed by atoms with Crippen LogP contribution in [0.3, 0.4) is 0 Å². The predicted octanol–water partition coefficient (Wildman–Crippen LogP) is 1.87. The number of nitrogen functional groups attached to an aromatic ring is 1. The van der Waals surface area contributed by atoms with Crippen LogP contribution in [0.4, 0.5) is 5.69 Å². The van der Waals surface area contributed by atoms with Gasteiger partial charge in [0.2, 0.25) is 5.91 Å². The fraction of sp³-hybridized carbons (Fsp3) is 0.375. The number of hydrogen-bond acceptors (Lipinski definition) is 3. The first-order valence-electron chi connectivity index (χ1n) is 7.07. The van der Waals surface area contributed by atoms with Crippen molar-refractivity contribution in [3.8, 4) is 0 Å². The molecule has 0 saturated carbocycles. The Hall–Kier alpha value is -2.30. The standard InChI is InChI=1S/C16H22N4O/c1-11-15(12(2)20(3)19-11)10-18-16(21)8-7-13-5-4-6-14(17)9-13/h4-6,9H,7-8,10,17H2,1-3H3,(H,18,21). The SMILES string of the molecule is Cc1nn(C)c(C)c1CNC(=O)CCc1cccc(N)c1. The van der Waals surface area contributed by atoms with Gasteiger partial charge < -0.3 is 11.1 Å². The van der Waals surface area contributed by atoms with Crippen LogP contribution in [-0.2, 0) is 24.8 Å². The Kier molecular flexibility index (Phi) is 4.62. The fourth-order valence-electron chi connectivity index (χ4n) is 2.36. The smallest absolute Gasteiger partial charge is 0.220 e. The van der Waals surface area contributed by atoms with Gasteiger partial charge in [0, 0.05) is 37.0 Å². The number of hydrogen-bond donors (Lipinski definition) is 2. The average Bonchev–Trinajstić information content (AvgIpc) is 2.68. The summed E-state index contributed by atoms with van der Waals surface area (Å²) in [6.45, 7) is 4.50. The van der Waals surface area contributed by atoms with Crippen molar-refractivity contribution in [2.45, 2.75) is 33.2 Å². The summed E-state index contributed by atoms with van der Waals surface area (Å²) in [5, 5.41) is 7.30. The molecule has 0 radical (unpaired) electrons. The van der Waals surface area contributed by atoms with E-state index in [0.29, 0.717) is 19.4 Å². The second-order valence-electron chi connectivity index (χ2n) is 5.29. The molecule has 0 unspecified atom stereocenters. The molecule has 0 bridgehead atoms.